The molecule has 0 saturated heterocycles. The third-order valence-corrected chi connectivity index (χ3v) is 3.32. The van der Waals surface area contributed by atoms with Gasteiger partial charge in [-0.05, 0) is 18.2 Å². The second-order valence-electron chi connectivity index (χ2n) is 4.19. The van der Waals surface area contributed by atoms with Gasteiger partial charge in [0, 0.05) is 32.0 Å². The fourth-order valence-electron chi connectivity index (χ4n) is 1.50. The van der Waals surface area contributed by atoms with Crippen molar-refractivity contribution in [2.45, 2.75) is 0 Å². The minimum absolute atomic E-state index is 0.0529. The van der Waals surface area contributed by atoms with E-state index >= 15 is 0 Å². The Kier molecular flexibility index (Phi) is 6.10. The molecule has 4 nitrogen and oxygen atoms in total. The van der Waals surface area contributed by atoms with Gasteiger partial charge in [-0.1, -0.05) is 5.92 Å². The summed E-state index contributed by atoms with van der Waals surface area (Å²) >= 11 is 1.69. The van der Waals surface area contributed by atoms with Crippen molar-refractivity contribution >= 4 is 29.0 Å². The molecule has 0 atom stereocenters. The first-order valence-electron chi connectivity index (χ1n) is 5.92. The van der Waals surface area contributed by atoms with Crippen molar-refractivity contribution in [1.82, 2.24) is 4.90 Å². The lowest BCUT2D eigenvalue weighted by molar-refractivity contribution is 0.0827. The molecular formula is C14H19N3OS. The van der Waals surface area contributed by atoms with E-state index in [1.54, 1.807) is 38.0 Å². The van der Waals surface area contributed by atoms with Gasteiger partial charge in [-0.3, -0.25) is 4.79 Å². The van der Waals surface area contributed by atoms with Crippen LogP contribution in [-0.2, 0) is 0 Å². The van der Waals surface area contributed by atoms with Crippen LogP contribution in [0.3, 0.4) is 0 Å². The SMILES string of the molecule is C#CCSCCNc1ccc(C(=O)N(C)C)cc1N. The molecule has 0 radical (unpaired) electrons. The zero-order valence-corrected chi connectivity index (χ0v) is 12.1. The first kappa shape index (κ1) is 15.3. The van der Waals surface area contributed by atoms with Crippen LogP contribution >= 0.6 is 11.8 Å². The molecule has 0 unspecified atom stereocenters. The number of amides is 1. The summed E-state index contributed by atoms with van der Waals surface area (Å²) in [5.41, 5.74) is 7.94. The summed E-state index contributed by atoms with van der Waals surface area (Å²) in [7, 11) is 3.43. The van der Waals surface area contributed by atoms with Crippen molar-refractivity contribution in [3.63, 3.8) is 0 Å². The summed E-state index contributed by atoms with van der Waals surface area (Å²) in [6.07, 6.45) is 5.17. The van der Waals surface area contributed by atoms with Crippen molar-refractivity contribution in [2.75, 3.05) is 43.2 Å². The second-order valence-corrected chi connectivity index (χ2v) is 5.29. The number of nitrogens with one attached hydrogen (secondary N) is 1. The predicted molar refractivity (Wildman–Crippen MR) is 83.5 cm³/mol. The van der Waals surface area contributed by atoms with Gasteiger partial charge in [0.2, 0.25) is 0 Å². The molecule has 3 N–H and O–H groups in total. The van der Waals surface area contributed by atoms with Gasteiger partial charge in [0.1, 0.15) is 0 Å². The molecule has 0 aromatic heterocycles. The predicted octanol–water partition coefficient (Wildman–Crippen LogP) is 1.75. The highest BCUT2D eigenvalue weighted by Crippen LogP contribution is 2.20. The molecule has 0 aliphatic carbocycles. The van der Waals surface area contributed by atoms with E-state index in [2.05, 4.69) is 11.2 Å². The second kappa shape index (κ2) is 7.59. The molecule has 0 saturated carbocycles. The standard InChI is InChI=1S/C14H19N3OS/c1-4-8-19-9-7-16-13-6-5-11(10-12(13)15)14(18)17(2)3/h1,5-6,10,16H,7-9,15H2,2-3H3. The monoisotopic (exact) mass is 277 g/mol. The molecule has 1 amide bonds. The normalized spacial score (nSPS) is 9.74. The molecule has 0 heterocycles. The number of terminal acetylenes is 1. The topological polar surface area (TPSA) is 58.4 Å². The van der Waals surface area contributed by atoms with E-state index in [-0.39, 0.29) is 5.91 Å². The third kappa shape index (κ3) is 4.76. The maximum atomic E-state index is 11.8. The lowest BCUT2D eigenvalue weighted by Crippen LogP contribution is -2.21. The van der Waals surface area contributed by atoms with Gasteiger partial charge < -0.3 is 16.0 Å². The Bertz CT molecular complexity index is 480. The average Bonchev–Trinajstić information content (AvgIpc) is 2.39. The van der Waals surface area contributed by atoms with Crippen LogP contribution in [0.1, 0.15) is 10.4 Å². The summed E-state index contributed by atoms with van der Waals surface area (Å²) in [6, 6.07) is 5.30. The fraction of sp³-hybridized carbons (Fsp3) is 0.357. The highest BCUT2D eigenvalue weighted by Gasteiger charge is 2.09. The van der Waals surface area contributed by atoms with Crippen LogP contribution in [-0.4, -0.2) is 43.0 Å². The number of nitrogen functional groups attached to an aromatic ring is 1. The minimum atomic E-state index is -0.0529. The van der Waals surface area contributed by atoms with E-state index in [1.807, 2.05) is 6.07 Å². The molecule has 0 aliphatic heterocycles. The van der Waals surface area contributed by atoms with E-state index in [4.69, 9.17) is 12.2 Å². The van der Waals surface area contributed by atoms with Gasteiger partial charge in [0.05, 0.1) is 17.1 Å². The van der Waals surface area contributed by atoms with E-state index in [0.717, 1.165) is 18.0 Å². The van der Waals surface area contributed by atoms with E-state index in [9.17, 15) is 4.79 Å². The minimum Gasteiger partial charge on any atom is -0.397 e. The summed E-state index contributed by atoms with van der Waals surface area (Å²) in [5, 5.41) is 3.23. The molecule has 0 fully saturated rings. The van der Waals surface area contributed by atoms with Gasteiger partial charge in [0.15, 0.2) is 0 Å². The molecule has 102 valence electrons. The Morgan fingerprint density at radius 3 is 2.84 bits per heavy atom. The quantitative estimate of drug-likeness (QED) is 0.472. The number of thioether (sulfide) groups is 1. The Labute approximate surface area is 118 Å². The molecular weight excluding hydrogens is 258 g/mol. The smallest absolute Gasteiger partial charge is 0.253 e. The molecule has 19 heavy (non-hydrogen) atoms. The van der Waals surface area contributed by atoms with Crippen molar-refractivity contribution in [3.8, 4) is 12.3 Å². The zero-order valence-electron chi connectivity index (χ0n) is 11.3. The Hall–Kier alpha value is -1.80. The third-order valence-electron chi connectivity index (χ3n) is 2.45. The maximum Gasteiger partial charge on any atom is 0.253 e. The number of nitrogens with zero attached hydrogens (tertiary/aromatic N) is 1. The van der Waals surface area contributed by atoms with Crippen LogP contribution in [0.15, 0.2) is 18.2 Å². The molecule has 1 aromatic carbocycles. The van der Waals surface area contributed by atoms with Gasteiger partial charge in [-0.15, -0.1) is 18.2 Å². The molecule has 0 bridgehead atoms. The van der Waals surface area contributed by atoms with Crippen molar-refractivity contribution in [2.24, 2.45) is 0 Å². The van der Waals surface area contributed by atoms with Gasteiger partial charge >= 0.3 is 0 Å². The Morgan fingerprint density at radius 1 is 1.53 bits per heavy atom. The van der Waals surface area contributed by atoms with E-state index in [0.29, 0.717) is 17.0 Å². The number of anilines is 2. The molecule has 0 aliphatic rings. The lowest BCUT2D eigenvalue weighted by atomic mass is 10.1. The largest absolute Gasteiger partial charge is 0.397 e. The van der Waals surface area contributed by atoms with Crippen LogP contribution < -0.4 is 11.1 Å². The molecule has 0 spiro atoms. The molecule has 1 aromatic rings. The van der Waals surface area contributed by atoms with Gasteiger partial charge in [0.25, 0.3) is 5.91 Å². The fourth-order valence-corrected chi connectivity index (χ4v) is 2.01. The number of nitrogens with two attached hydrogens (primary N) is 1. The number of benzene rings is 1. The van der Waals surface area contributed by atoms with Crippen molar-refractivity contribution in [3.05, 3.63) is 23.8 Å². The lowest BCUT2D eigenvalue weighted by Gasteiger charge is -2.13. The summed E-state index contributed by atoms with van der Waals surface area (Å²) < 4.78 is 0. The summed E-state index contributed by atoms with van der Waals surface area (Å²) in [6.45, 7) is 0.789. The van der Waals surface area contributed by atoms with Gasteiger partial charge in [-0.2, -0.15) is 0 Å². The Balaban J connectivity index is 2.58. The van der Waals surface area contributed by atoms with E-state index < -0.39 is 0 Å². The Morgan fingerprint density at radius 2 is 2.26 bits per heavy atom. The van der Waals surface area contributed by atoms with Crippen molar-refractivity contribution in [1.29, 1.82) is 0 Å². The van der Waals surface area contributed by atoms with Crippen LogP contribution in [0.4, 0.5) is 11.4 Å². The van der Waals surface area contributed by atoms with Crippen LogP contribution in [0, 0.1) is 12.3 Å². The first-order chi connectivity index (χ1) is 9.06. The number of carbonyl (C=O) groups is 1. The number of carbonyl (C=O) groups excluding carboxylic acids is 1. The maximum absolute atomic E-state index is 11.8. The van der Waals surface area contributed by atoms with Crippen LogP contribution in [0.25, 0.3) is 0 Å². The first-order valence-corrected chi connectivity index (χ1v) is 7.08. The van der Waals surface area contributed by atoms with Gasteiger partial charge in [-0.25, -0.2) is 0 Å². The average molecular weight is 277 g/mol. The summed E-state index contributed by atoms with van der Waals surface area (Å²) in [5.74, 6) is 4.16. The van der Waals surface area contributed by atoms with E-state index in [1.165, 1.54) is 4.90 Å². The number of hydrogen-bond donors (Lipinski definition) is 2. The summed E-state index contributed by atoms with van der Waals surface area (Å²) in [4.78, 5) is 13.3. The van der Waals surface area contributed by atoms with Crippen molar-refractivity contribution < 1.29 is 4.79 Å². The van der Waals surface area contributed by atoms with Crippen LogP contribution in [0.5, 0.6) is 0 Å². The highest BCUT2D eigenvalue weighted by atomic mass is 32.2. The number of hydrogen-bond acceptors (Lipinski definition) is 4. The van der Waals surface area contributed by atoms with Crippen LogP contribution in [0.2, 0.25) is 0 Å². The molecule has 5 heteroatoms. The number of rotatable bonds is 6. The zero-order chi connectivity index (χ0) is 14.3. The molecule has 1 rings (SSSR count). The highest BCUT2D eigenvalue weighted by molar-refractivity contribution is 7.99.